The number of amides is 1. The van der Waals surface area contributed by atoms with Crippen molar-refractivity contribution in [2.24, 2.45) is 7.05 Å². The molecule has 1 amide bonds. The summed E-state index contributed by atoms with van der Waals surface area (Å²) in [5.74, 6) is -0.711. The Bertz CT molecular complexity index is 565. The minimum atomic E-state index is -0.502. The quantitative estimate of drug-likeness (QED) is 0.744. The van der Waals surface area contributed by atoms with E-state index in [1.165, 1.54) is 4.57 Å². The first-order chi connectivity index (χ1) is 9.61. The first kappa shape index (κ1) is 13.3. The molecule has 108 valence electrons. The fourth-order valence-corrected chi connectivity index (χ4v) is 2.77. The maximum absolute atomic E-state index is 12.4. The minimum absolute atomic E-state index is 0.209. The van der Waals surface area contributed by atoms with Gasteiger partial charge in [-0.05, 0) is 12.1 Å². The molecule has 6 nitrogen and oxygen atoms in total. The predicted octanol–water partition coefficient (Wildman–Crippen LogP) is 0.364. The van der Waals surface area contributed by atoms with Gasteiger partial charge in [-0.25, -0.2) is 0 Å². The highest BCUT2D eigenvalue weighted by atomic mass is 16.7. The molecule has 3 rings (SSSR count). The summed E-state index contributed by atoms with van der Waals surface area (Å²) < 4.78 is 12.7. The largest absolute Gasteiger partial charge is 0.347 e. The molecule has 0 radical (unpaired) electrons. The Labute approximate surface area is 116 Å². The van der Waals surface area contributed by atoms with Gasteiger partial charge in [0.1, 0.15) is 5.56 Å². The molecule has 1 spiro atoms. The van der Waals surface area contributed by atoms with Gasteiger partial charge in [0.05, 0.1) is 13.2 Å². The molecule has 2 saturated heterocycles. The number of aromatic nitrogens is 1. The van der Waals surface area contributed by atoms with Crippen molar-refractivity contribution in [3.63, 3.8) is 0 Å². The number of likely N-dealkylation sites (tertiary alicyclic amines) is 1. The summed E-state index contributed by atoms with van der Waals surface area (Å²) in [6, 6.07) is 3.29. The van der Waals surface area contributed by atoms with Crippen molar-refractivity contribution in [1.29, 1.82) is 0 Å². The highest BCUT2D eigenvalue weighted by Crippen LogP contribution is 2.31. The van der Waals surface area contributed by atoms with E-state index in [-0.39, 0.29) is 17.0 Å². The van der Waals surface area contributed by atoms with Crippen LogP contribution in [0.5, 0.6) is 0 Å². The molecule has 0 saturated carbocycles. The van der Waals surface area contributed by atoms with Gasteiger partial charge >= 0.3 is 0 Å². The summed E-state index contributed by atoms with van der Waals surface area (Å²) in [7, 11) is 1.64. The van der Waals surface area contributed by atoms with Crippen LogP contribution in [0.4, 0.5) is 0 Å². The number of rotatable bonds is 1. The van der Waals surface area contributed by atoms with Crippen molar-refractivity contribution in [3.05, 3.63) is 34.2 Å². The molecule has 2 fully saturated rings. The van der Waals surface area contributed by atoms with Crippen molar-refractivity contribution in [1.82, 2.24) is 9.47 Å². The van der Waals surface area contributed by atoms with Crippen LogP contribution < -0.4 is 5.56 Å². The standard InChI is InChI=1S/C14H18N2O4/c1-15-6-2-3-11(12(15)17)13(18)16-7-4-14(5-8-16)19-9-10-20-14/h2-3,6H,4-5,7-10H2,1H3. The second-order valence-electron chi connectivity index (χ2n) is 5.24. The zero-order valence-corrected chi connectivity index (χ0v) is 11.5. The van der Waals surface area contributed by atoms with Gasteiger partial charge in [0.15, 0.2) is 5.79 Å². The number of carbonyl (C=O) groups is 1. The number of carbonyl (C=O) groups excluding carboxylic acids is 1. The van der Waals surface area contributed by atoms with E-state index in [2.05, 4.69) is 0 Å². The van der Waals surface area contributed by atoms with Crippen LogP contribution >= 0.6 is 0 Å². The Kier molecular flexibility index (Phi) is 3.35. The summed E-state index contributed by atoms with van der Waals surface area (Å²) in [5.41, 5.74) is -0.0367. The average molecular weight is 278 g/mol. The molecule has 0 unspecified atom stereocenters. The van der Waals surface area contributed by atoms with Crippen molar-refractivity contribution in [2.45, 2.75) is 18.6 Å². The molecular formula is C14H18N2O4. The number of hydrogen-bond acceptors (Lipinski definition) is 4. The molecule has 2 aliphatic heterocycles. The number of hydrogen-bond donors (Lipinski definition) is 0. The molecule has 3 heterocycles. The molecule has 0 atom stereocenters. The van der Waals surface area contributed by atoms with Crippen LogP contribution in [0.15, 0.2) is 23.1 Å². The molecule has 1 aromatic heterocycles. The summed E-state index contributed by atoms with van der Waals surface area (Å²) in [4.78, 5) is 26.1. The Morgan fingerprint density at radius 1 is 1.25 bits per heavy atom. The summed E-state index contributed by atoms with van der Waals surface area (Å²) in [6.45, 7) is 2.34. The van der Waals surface area contributed by atoms with E-state index in [1.54, 1.807) is 30.3 Å². The van der Waals surface area contributed by atoms with Gasteiger partial charge < -0.3 is 18.9 Å². The molecular weight excluding hydrogens is 260 g/mol. The van der Waals surface area contributed by atoms with Crippen molar-refractivity contribution >= 4 is 5.91 Å². The SMILES string of the molecule is Cn1cccc(C(=O)N2CCC3(CC2)OCCO3)c1=O. The highest BCUT2D eigenvalue weighted by Gasteiger charge is 2.41. The number of pyridine rings is 1. The normalized spacial score (nSPS) is 21.4. The topological polar surface area (TPSA) is 60.8 Å². The lowest BCUT2D eigenvalue weighted by atomic mass is 10.0. The summed E-state index contributed by atoms with van der Waals surface area (Å²) >= 11 is 0. The third kappa shape index (κ3) is 2.25. The Balaban J connectivity index is 1.73. The Morgan fingerprint density at radius 2 is 1.90 bits per heavy atom. The van der Waals surface area contributed by atoms with E-state index < -0.39 is 5.79 Å². The van der Waals surface area contributed by atoms with Crippen molar-refractivity contribution in [2.75, 3.05) is 26.3 Å². The van der Waals surface area contributed by atoms with E-state index in [0.717, 1.165) is 0 Å². The van der Waals surface area contributed by atoms with E-state index in [1.807, 2.05) is 0 Å². The van der Waals surface area contributed by atoms with Crippen LogP contribution in [0.2, 0.25) is 0 Å². The van der Waals surface area contributed by atoms with E-state index in [4.69, 9.17) is 9.47 Å². The van der Waals surface area contributed by atoms with E-state index in [9.17, 15) is 9.59 Å². The van der Waals surface area contributed by atoms with Gasteiger partial charge in [-0.2, -0.15) is 0 Å². The summed E-state index contributed by atoms with van der Waals surface area (Å²) in [5, 5.41) is 0. The zero-order valence-electron chi connectivity index (χ0n) is 11.5. The van der Waals surface area contributed by atoms with Gasteiger partial charge in [-0.1, -0.05) is 0 Å². The molecule has 0 aliphatic carbocycles. The van der Waals surface area contributed by atoms with Crippen LogP contribution in [-0.4, -0.2) is 47.5 Å². The fraction of sp³-hybridized carbons (Fsp3) is 0.571. The van der Waals surface area contributed by atoms with E-state index in [0.29, 0.717) is 39.1 Å². The first-order valence-electron chi connectivity index (χ1n) is 6.84. The smallest absolute Gasteiger partial charge is 0.263 e. The van der Waals surface area contributed by atoms with Crippen LogP contribution in [0.1, 0.15) is 23.2 Å². The average Bonchev–Trinajstić information content (AvgIpc) is 2.90. The van der Waals surface area contributed by atoms with E-state index >= 15 is 0 Å². The number of ether oxygens (including phenoxy) is 2. The first-order valence-corrected chi connectivity index (χ1v) is 6.84. The molecule has 1 aromatic rings. The lowest BCUT2D eigenvalue weighted by Crippen LogP contribution is -2.48. The fourth-order valence-electron chi connectivity index (χ4n) is 2.77. The van der Waals surface area contributed by atoms with Gasteiger partial charge in [0.2, 0.25) is 0 Å². The van der Waals surface area contributed by atoms with Crippen LogP contribution in [-0.2, 0) is 16.5 Å². The van der Waals surface area contributed by atoms with Gasteiger partial charge in [-0.15, -0.1) is 0 Å². The van der Waals surface area contributed by atoms with Crippen LogP contribution in [0.25, 0.3) is 0 Å². The number of nitrogens with zero attached hydrogens (tertiary/aromatic N) is 2. The van der Waals surface area contributed by atoms with Gasteiger partial charge in [0, 0.05) is 39.2 Å². The van der Waals surface area contributed by atoms with Gasteiger partial charge in [-0.3, -0.25) is 9.59 Å². The van der Waals surface area contributed by atoms with Crippen molar-refractivity contribution in [3.8, 4) is 0 Å². The molecule has 0 bridgehead atoms. The third-order valence-electron chi connectivity index (χ3n) is 3.98. The monoisotopic (exact) mass is 278 g/mol. The van der Waals surface area contributed by atoms with Crippen LogP contribution in [0, 0.1) is 0 Å². The zero-order chi connectivity index (χ0) is 14.2. The minimum Gasteiger partial charge on any atom is -0.347 e. The Morgan fingerprint density at radius 3 is 2.55 bits per heavy atom. The maximum atomic E-state index is 12.4. The Hall–Kier alpha value is -1.66. The summed E-state index contributed by atoms with van der Waals surface area (Å²) in [6.07, 6.45) is 2.96. The lowest BCUT2D eigenvalue weighted by Gasteiger charge is -2.37. The molecule has 2 aliphatic rings. The van der Waals surface area contributed by atoms with Crippen molar-refractivity contribution < 1.29 is 14.3 Å². The number of piperidine rings is 1. The number of aryl methyl sites for hydroxylation is 1. The second kappa shape index (κ2) is 5.03. The lowest BCUT2D eigenvalue weighted by molar-refractivity contribution is -0.181. The molecule has 0 N–H and O–H groups in total. The third-order valence-corrected chi connectivity index (χ3v) is 3.98. The highest BCUT2D eigenvalue weighted by molar-refractivity contribution is 5.93. The molecule has 20 heavy (non-hydrogen) atoms. The van der Waals surface area contributed by atoms with Crippen LogP contribution in [0.3, 0.4) is 0 Å². The van der Waals surface area contributed by atoms with Gasteiger partial charge in [0.25, 0.3) is 11.5 Å². The second-order valence-corrected chi connectivity index (χ2v) is 5.24. The molecule has 6 heteroatoms. The maximum Gasteiger partial charge on any atom is 0.263 e. The molecule has 0 aromatic carbocycles. The predicted molar refractivity (Wildman–Crippen MR) is 71.5 cm³/mol.